The number of ether oxygens (including phenoxy) is 1. The van der Waals surface area contributed by atoms with Gasteiger partial charge in [-0.05, 0) is 26.0 Å². The molecule has 0 aliphatic heterocycles. The molecular weight excluding hydrogens is 289 g/mol. The van der Waals surface area contributed by atoms with Crippen molar-refractivity contribution < 1.29 is 27.8 Å². The molecule has 2 aromatic rings. The monoisotopic (exact) mass is 300 g/mol. The van der Waals surface area contributed by atoms with Gasteiger partial charge in [0.15, 0.2) is 11.3 Å². The highest BCUT2D eigenvalue weighted by Gasteiger charge is 2.39. The van der Waals surface area contributed by atoms with Crippen molar-refractivity contribution in [2.45, 2.75) is 20.0 Å². The number of aromatic nitrogens is 2. The molecule has 112 valence electrons. The average molecular weight is 300 g/mol. The fourth-order valence-electron chi connectivity index (χ4n) is 1.80. The van der Waals surface area contributed by atoms with Crippen molar-refractivity contribution in [2.24, 2.45) is 0 Å². The summed E-state index contributed by atoms with van der Waals surface area (Å²) in [5, 5.41) is 9.06. The minimum absolute atomic E-state index is 0.0200. The van der Waals surface area contributed by atoms with E-state index in [9.17, 15) is 18.0 Å². The molecule has 0 aromatic carbocycles. The number of alkyl halides is 2. The number of halogens is 3. The molecule has 2 aromatic heterocycles. The number of nitrogens with zero attached hydrogens (tertiary/aromatic N) is 2. The molecule has 0 spiro atoms. The largest absolute Gasteiger partial charge is 0.478 e. The van der Waals surface area contributed by atoms with E-state index < -0.39 is 29.2 Å². The number of pyridine rings is 2. The lowest BCUT2D eigenvalue weighted by molar-refractivity contribution is -0.248. The Morgan fingerprint density at radius 3 is 2.62 bits per heavy atom. The van der Waals surface area contributed by atoms with Gasteiger partial charge in [0.1, 0.15) is 5.82 Å². The second-order valence-corrected chi connectivity index (χ2v) is 4.24. The second-order valence-electron chi connectivity index (χ2n) is 4.24. The maximum absolute atomic E-state index is 13.8. The summed E-state index contributed by atoms with van der Waals surface area (Å²) < 4.78 is 45.3. The number of carboxylic acids is 1. The van der Waals surface area contributed by atoms with Gasteiger partial charge in [-0.2, -0.15) is 8.78 Å². The number of hydrogen-bond acceptors (Lipinski definition) is 4. The van der Waals surface area contributed by atoms with Gasteiger partial charge in [-0.1, -0.05) is 0 Å². The molecule has 0 atom stereocenters. The normalized spacial score (nSPS) is 11.9. The quantitative estimate of drug-likeness (QED) is 0.940. The van der Waals surface area contributed by atoms with Crippen LogP contribution in [-0.2, 0) is 10.8 Å². The van der Waals surface area contributed by atoms with Crippen LogP contribution in [0.1, 0.15) is 28.7 Å². The van der Waals surface area contributed by atoms with Crippen molar-refractivity contribution in [3.05, 3.63) is 34.9 Å². The maximum atomic E-state index is 13.8. The standard InChI is InChI=1S/C13H11F3N2O3/c1-3-21-13(15,16)10-8(12(19)20)4-7-5-9(14)6(2)17-11(7)18-10/h4-5H,3H2,1-2H3,(H,19,20). The van der Waals surface area contributed by atoms with Crippen LogP contribution in [0.4, 0.5) is 13.2 Å². The highest BCUT2D eigenvalue weighted by Crippen LogP contribution is 2.32. The molecule has 2 rings (SSSR count). The highest BCUT2D eigenvalue weighted by molar-refractivity contribution is 5.93. The first-order chi connectivity index (χ1) is 9.76. The Labute approximate surface area is 117 Å². The van der Waals surface area contributed by atoms with Gasteiger partial charge < -0.3 is 9.84 Å². The minimum atomic E-state index is -3.87. The summed E-state index contributed by atoms with van der Waals surface area (Å²) in [4.78, 5) is 18.4. The van der Waals surface area contributed by atoms with Crippen molar-refractivity contribution in [1.82, 2.24) is 9.97 Å². The van der Waals surface area contributed by atoms with Crippen molar-refractivity contribution in [2.75, 3.05) is 6.61 Å². The van der Waals surface area contributed by atoms with Crippen LogP contribution in [0.2, 0.25) is 0 Å². The van der Waals surface area contributed by atoms with Crippen molar-refractivity contribution >= 4 is 17.0 Å². The summed E-state index contributed by atoms with van der Waals surface area (Å²) in [5.74, 6) is -2.29. The van der Waals surface area contributed by atoms with Crippen LogP contribution in [0.25, 0.3) is 11.0 Å². The predicted molar refractivity (Wildman–Crippen MR) is 66.7 cm³/mol. The molecule has 8 heteroatoms. The summed E-state index contributed by atoms with van der Waals surface area (Å²) in [7, 11) is 0. The van der Waals surface area contributed by atoms with E-state index in [1.807, 2.05) is 0 Å². The second kappa shape index (κ2) is 5.28. The fraction of sp³-hybridized carbons (Fsp3) is 0.308. The van der Waals surface area contributed by atoms with Crippen LogP contribution in [0.5, 0.6) is 0 Å². The van der Waals surface area contributed by atoms with Gasteiger partial charge >= 0.3 is 12.1 Å². The summed E-state index contributed by atoms with van der Waals surface area (Å²) >= 11 is 0. The van der Waals surface area contributed by atoms with Gasteiger partial charge in [-0.25, -0.2) is 19.2 Å². The summed E-state index contributed by atoms with van der Waals surface area (Å²) in [6, 6.07) is 1.90. The molecule has 0 amide bonds. The van der Waals surface area contributed by atoms with E-state index in [1.54, 1.807) is 0 Å². The van der Waals surface area contributed by atoms with Crippen LogP contribution in [0.15, 0.2) is 12.1 Å². The lowest BCUT2D eigenvalue weighted by Crippen LogP contribution is -2.24. The van der Waals surface area contributed by atoms with Gasteiger partial charge in [0.2, 0.25) is 0 Å². The highest BCUT2D eigenvalue weighted by atomic mass is 19.3. The maximum Gasteiger partial charge on any atom is 0.401 e. The third kappa shape index (κ3) is 2.80. The summed E-state index contributed by atoms with van der Waals surface area (Å²) in [6.45, 7) is 2.36. The van der Waals surface area contributed by atoms with Crippen LogP contribution >= 0.6 is 0 Å². The van der Waals surface area contributed by atoms with E-state index >= 15 is 0 Å². The van der Waals surface area contributed by atoms with Crippen LogP contribution < -0.4 is 0 Å². The molecule has 5 nitrogen and oxygen atoms in total. The Hall–Kier alpha value is -2.22. The van der Waals surface area contributed by atoms with Gasteiger partial charge in [0, 0.05) is 5.39 Å². The number of aromatic carboxylic acids is 1. The van der Waals surface area contributed by atoms with Crippen molar-refractivity contribution in [3.8, 4) is 0 Å². The summed E-state index contributed by atoms with van der Waals surface area (Å²) in [5.41, 5.74) is -2.01. The number of hydrogen-bond donors (Lipinski definition) is 1. The molecule has 0 aliphatic rings. The molecule has 0 saturated carbocycles. The fourth-order valence-corrected chi connectivity index (χ4v) is 1.80. The van der Waals surface area contributed by atoms with Gasteiger partial charge in [0.05, 0.1) is 17.9 Å². The van der Waals surface area contributed by atoms with E-state index in [0.29, 0.717) is 0 Å². The van der Waals surface area contributed by atoms with Gasteiger partial charge in [0.25, 0.3) is 0 Å². The van der Waals surface area contributed by atoms with E-state index in [4.69, 9.17) is 5.11 Å². The zero-order valence-corrected chi connectivity index (χ0v) is 11.2. The zero-order valence-electron chi connectivity index (χ0n) is 11.2. The van der Waals surface area contributed by atoms with Gasteiger partial charge in [-0.3, -0.25) is 0 Å². The molecule has 0 radical (unpaired) electrons. The van der Waals surface area contributed by atoms with Gasteiger partial charge in [-0.15, -0.1) is 0 Å². The van der Waals surface area contributed by atoms with Crippen LogP contribution in [0, 0.1) is 12.7 Å². The van der Waals surface area contributed by atoms with E-state index in [1.165, 1.54) is 13.8 Å². The lowest BCUT2D eigenvalue weighted by Gasteiger charge is -2.17. The minimum Gasteiger partial charge on any atom is -0.478 e. The number of rotatable bonds is 4. The van der Waals surface area contributed by atoms with Crippen molar-refractivity contribution in [1.29, 1.82) is 0 Å². The number of carboxylic acid groups (broad SMARTS) is 1. The first-order valence-electron chi connectivity index (χ1n) is 5.99. The molecule has 0 fully saturated rings. The topological polar surface area (TPSA) is 72.3 Å². The Balaban J connectivity index is 2.76. The number of fused-ring (bicyclic) bond motifs is 1. The first kappa shape index (κ1) is 15.2. The Bertz CT molecular complexity index is 719. The number of carbonyl (C=O) groups is 1. The molecule has 21 heavy (non-hydrogen) atoms. The SMILES string of the molecule is CCOC(F)(F)c1nc2nc(C)c(F)cc2cc1C(=O)O. The smallest absolute Gasteiger partial charge is 0.401 e. The molecule has 0 saturated heterocycles. The van der Waals surface area contributed by atoms with Crippen LogP contribution in [-0.4, -0.2) is 27.7 Å². The van der Waals surface area contributed by atoms with Crippen molar-refractivity contribution in [3.63, 3.8) is 0 Å². The average Bonchev–Trinajstić information content (AvgIpc) is 2.38. The Morgan fingerprint density at radius 1 is 1.38 bits per heavy atom. The molecule has 0 aliphatic carbocycles. The third-order valence-corrected chi connectivity index (χ3v) is 2.76. The van der Waals surface area contributed by atoms with E-state index in [-0.39, 0.29) is 23.3 Å². The number of aryl methyl sites for hydroxylation is 1. The zero-order chi connectivity index (χ0) is 15.8. The lowest BCUT2D eigenvalue weighted by atomic mass is 10.1. The molecule has 0 bridgehead atoms. The van der Waals surface area contributed by atoms with E-state index in [0.717, 1.165) is 12.1 Å². The molecule has 0 unspecified atom stereocenters. The third-order valence-electron chi connectivity index (χ3n) is 2.76. The Kier molecular flexibility index (Phi) is 3.82. The molecule has 1 N–H and O–H groups in total. The Morgan fingerprint density at radius 2 is 2.05 bits per heavy atom. The summed E-state index contributed by atoms with van der Waals surface area (Å²) in [6.07, 6.45) is -3.87. The predicted octanol–water partition coefficient (Wildman–Crippen LogP) is 2.86. The molecule has 2 heterocycles. The van der Waals surface area contributed by atoms with E-state index in [2.05, 4.69) is 14.7 Å². The van der Waals surface area contributed by atoms with Crippen LogP contribution in [0.3, 0.4) is 0 Å². The molecular formula is C13H11F3N2O3. The first-order valence-corrected chi connectivity index (χ1v) is 5.99.